The lowest BCUT2D eigenvalue weighted by Crippen LogP contribution is -2.11. The first-order chi connectivity index (χ1) is 8.60. The highest BCUT2D eigenvalue weighted by Crippen LogP contribution is 2.19. The van der Waals surface area contributed by atoms with E-state index < -0.39 is 0 Å². The van der Waals surface area contributed by atoms with Gasteiger partial charge in [-0.05, 0) is 38.5 Å². The van der Waals surface area contributed by atoms with Crippen LogP contribution < -0.4 is 5.32 Å². The van der Waals surface area contributed by atoms with Gasteiger partial charge in [0.25, 0.3) is 0 Å². The van der Waals surface area contributed by atoms with Crippen molar-refractivity contribution in [1.82, 2.24) is 9.55 Å². The second-order valence-electron chi connectivity index (χ2n) is 4.41. The molecule has 18 heavy (non-hydrogen) atoms. The average molecular weight is 247 g/mol. The van der Waals surface area contributed by atoms with Gasteiger partial charge in [-0.25, -0.2) is 9.37 Å². The molecule has 1 N–H and O–H groups in total. The summed E-state index contributed by atoms with van der Waals surface area (Å²) in [4.78, 5) is 4.43. The zero-order valence-corrected chi connectivity index (χ0v) is 10.9. The minimum absolute atomic E-state index is 0.0211. The Morgan fingerprint density at radius 1 is 1.44 bits per heavy atom. The Kier molecular flexibility index (Phi) is 3.65. The average Bonchev–Trinajstić information content (AvgIpc) is 2.69. The zero-order valence-electron chi connectivity index (χ0n) is 10.9. The summed E-state index contributed by atoms with van der Waals surface area (Å²) in [7, 11) is 0. The van der Waals surface area contributed by atoms with E-state index in [0.717, 1.165) is 23.8 Å². The van der Waals surface area contributed by atoms with Gasteiger partial charge in [-0.2, -0.15) is 0 Å². The van der Waals surface area contributed by atoms with Gasteiger partial charge in [0.05, 0.1) is 11.7 Å². The Bertz CT molecular complexity index is 534. The van der Waals surface area contributed by atoms with Crippen molar-refractivity contribution in [1.29, 1.82) is 0 Å². The molecule has 0 aliphatic heterocycles. The van der Waals surface area contributed by atoms with Gasteiger partial charge in [0, 0.05) is 12.7 Å². The van der Waals surface area contributed by atoms with E-state index >= 15 is 0 Å². The molecule has 1 atom stereocenters. The molecule has 0 saturated carbocycles. The first-order valence-electron chi connectivity index (χ1n) is 6.16. The molecule has 2 aromatic rings. The molecule has 0 fully saturated rings. The lowest BCUT2D eigenvalue weighted by Gasteiger charge is -2.15. The number of anilines is 1. The SMILES string of the molecule is CCn1cc(C)nc1NC(C)c1cccc(F)c1. The first kappa shape index (κ1) is 12.6. The van der Waals surface area contributed by atoms with Crippen LogP contribution in [0.5, 0.6) is 0 Å². The summed E-state index contributed by atoms with van der Waals surface area (Å²) in [5.41, 5.74) is 1.89. The first-order valence-corrected chi connectivity index (χ1v) is 6.16. The second-order valence-corrected chi connectivity index (χ2v) is 4.41. The molecule has 96 valence electrons. The van der Waals surface area contributed by atoms with Crippen LogP contribution in [0.1, 0.15) is 31.1 Å². The van der Waals surface area contributed by atoms with E-state index in [1.165, 1.54) is 6.07 Å². The van der Waals surface area contributed by atoms with Gasteiger partial charge in [0.1, 0.15) is 5.82 Å². The Balaban J connectivity index is 2.18. The van der Waals surface area contributed by atoms with E-state index in [-0.39, 0.29) is 11.9 Å². The minimum atomic E-state index is -0.212. The molecule has 1 aromatic carbocycles. The summed E-state index contributed by atoms with van der Waals surface area (Å²) in [6.45, 7) is 6.89. The Morgan fingerprint density at radius 3 is 2.89 bits per heavy atom. The van der Waals surface area contributed by atoms with Gasteiger partial charge in [0.2, 0.25) is 5.95 Å². The standard InChI is InChI=1S/C14H18FN3/c1-4-18-9-10(2)16-14(18)17-11(3)12-6-5-7-13(15)8-12/h5-9,11H,4H2,1-3H3,(H,16,17). The number of rotatable bonds is 4. The molecule has 0 aliphatic rings. The molecule has 0 aliphatic carbocycles. The van der Waals surface area contributed by atoms with Crippen LogP contribution in [0.2, 0.25) is 0 Å². The third-order valence-corrected chi connectivity index (χ3v) is 2.93. The molecule has 0 radical (unpaired) electrons. The fraction of sp³-hybridized carbons (Fsp3) is 0.357. The van der Waals surface area contributed by atoms with Gasteiger partial charge in [0.15, 0.2) is 0 Å². The van der Waals surface area contributed by atoms with Crippen molar-refractivity contribution in [2.75, 3.05) is 5.32 Å². The Labute approximate surface area is 107 Å². The van der Waals surface area contributed by atoms with Crippen LogP contribution >= 0.6 is 0 Å². The van der Waals surface area contributed by atoms with Crippen LogP contribution in [0.15, 0.2) is 30.5 Å². The van der Waals surface area contributed by atoms with Gasteiger partial charge >= 0.3 is 0 Å². The molecular weight excluding hydrogens is 229 g/mol. The van der Waals surface area contributed by atoms with Crippen LogP contribution in [-0.2, 0) is 6.54 Å². The second kappa shape index (κ2) is 5.21. The number of benzene rings is 1. The highest BCUT2D eigenvalue weighted by atomic mass is 19.1. The van der Waals surface area contributed by atoms with E-state index in [0.29, 0.717) is 0 Å². The van der Waals surface area contributed by atoms with Crippen LogP contribution in [0.25, 0.3) is 0 Å². The fourth-order valence-corrected chi connectivity index (χ4v) is 1.96. The molecule has 1 unspecified atom stereocenters. The van der Waals surface area contributed by atoms with E-state index in [9.17, 15) is 4.39 Å². The summed E-state index contributed by atoms with van der Waals surface area (Å²) in [5, 5.41) is 3.31. The number of nitrogens with one attached hydrogen (secondary N) is 1. The molecule has 3 nitrogen and oxygen atoms in total. The zero-order chi connectivity index (χ0) is 13.1. The summed E-state index contributed by atoms with van der Waals surface area (Å²) in [6.07, 6.45) is 2.00. The molecule has 1 aromatic heterocycles. The maximum Gasteiger partial charge on any atom is 0.203 e. The molecule has 2 rings (SSSR count). The van der Waals surface area contributed by atoms with Crippen molar-refractivity contribution >= 4 is 5.95 Å². The van der Waals surface area contributed by atoms with E-state index in [4.69, 9.17) is 0 Å². The van der Waals surface area contributed by atoms with Gasteiger partial charge in [-0.1, -0.05) is 12.1 Å². The van der Waals surface area contributed by atoms with E-state index in [1.807, 2.05) is 30.7 Å². The monoisotopic (exact) mass is 247 g/mol. The highest BCUT2D eigenvalue weighted by molar-refractivity contribution is 5.34. The third kappa shape index (κ3) is 2.70. The predicted molar refractivity (Wildman–Crippen MR) is 71.1 cm³/mol. The molecular formula is C14H18FN3. The predicted octanol–water partition coefficient (Wildman–Crippen LogP) is 3.52. The summed E-state index contributed by atoms with van der Waals surface area (Å²) in [6, 6.07) is 6.65. The number of nitrogens with zero attached hydrogens (tertiary/aromatic N) is 2. The number of imidazole rings is 1. The topological polar surface area (TPSA) is 29.9 Å². The summed E-state index contributed by atoms with van der Waals surface area (Å²) in [5.74, 6) is 0.614. The summed E-state index contributed by atoms with van der Waals surface area (Å²) < 4.78 is 15.2. The molecule has 0 amide bonds. The number of hydrogen-bond acceptors (Lipinski definition) is 2. The lowest BCUT2D eigenvalue weighted by atomic mass is 10.1. The third-order valence-electron chi connectivity index (χ3n) is 2.93. The molecule has 0 saturated heterocycles. The number of hydrogen-bond donors (Lipinski definition) is 1. The Morgan fingerprint density at radius 2 is 2.22 bits per heavy atom. The molecule has 0 bridgehead atoms. The normalized spacial score (nSPS) is 12.4. The minimum Gasteiger partial charge on any atom is -0.349 e. The fourth-order valence-electron chi connectivity index (χ4n) is 1.96. The van der Waals surface area contributed by atoms with Crippen molar-refractivity contribution in [3.8, 4) is 0 Å². The maximum absolute atomic E-state index is 13.2. The van der Waals surface area contributed by atoms with Crippen LogP contribution in [0, 0.1) is 12.7 Å². The molecule has 1 heterocycles. The van der Waals surface area contributed by atoms with Crippen molar-refractivity contribution in [3.05, 3.63) is 47.5 Å². The molecule has 0 spiro atoms. The van der Waals surface area contributed by atoms with Gasteiger partial charge < -0.3 is 9.88 Å². The Hall–Kier alpha value is -1.84. The van der Waals surface area contributed by atoms with Gasteiger partial charge in [-0.15, -0.1) is 0 Å². The maximum atomic E-state index is 13.2. The van der Waals surface area contributed by atoms with Crippen molar-refractivity contribution in [2.45, 2.75) is 33.4 Å². The largest absolute Gasteiger partial charge is 0.349 e. The van der Waals surface area contributed by atoms with Crippen LogP contribution in [0.3, 0.4) is 0 Å². The van der Waals surface area contributed by atoms with Crippen molar-refractivity contribution < 1.29 is 4.39 Å². The van der Waals surface area contributed by atoms with Crippen LogP contribution in [0.4, 0.5) is 10.3 Å². The smallest absolute Gasteiger partial charge is 0.203 e. The van der Waals surface area contributed by atoms with Crippen molar-refractivity contribution in [2.24, 2.45) is 0 Å². The molecule has 4 heteroatoms. The lowest BCUT2D eigenvalue weighted by molar-refractivity contribution is 0.623. The number of halogens is 1. The van der Waals surface area contributed by atoms with Crippen LogP contribution in [-0.4, -0.2) is 9.55 Å². The quantitative estimate of drug-likeness (QED) is 0.895. The van der Waals surface area contributed by atoms with Gasteiger partial charge in [-0.3, -0.25) is 0 Å². The number of aromatic nitrogens is 2. The van der Waals surface area contributed by atoms with E-state index in [1.54, 1.807) is 12.1 Å². The van der Waals surface area contributed by atoms with E-state index in [2.05, 4.69) is 17.2 Å². The summed E-state index contributed by atoms with van der Waals surface area (Å²) >= 11 is 0. The number of aryl methyl sites for hydroxylation is 2. The van der Waals surface area contributed by atoms with Crippen molar-refractivity contribution in [3.63, 3.8) is 0 Å². The highest BCUT2D eigenvalue weighted by Gasteiger charge is 2.10.